The number of pyridine rings is 1. The van der Waals surface area contributed by atoms with Gasteiger partial charge in [0.25, 0.3) is 0 Å². The molecular weight excluding hydrogens is 266 g/mol. The van der Waals surface area contributed by atoms with E-state index in [1.807, 2.05) is 37.3 Å². The maximum absolute atomic E-state index is 11.8. The van der Waals surface area contributed by atoms with Gasteiger partial charge in [0.15, 0.2) is 0 Å². The van der Waals surface area contributed by atoms with Crippen LogP contribution in [0.5, 0.6) is 5.75 Å². The molecule has 2 rings (SSSR count). The zero-order valence-corrected chi connectivity index (χ0v) is 12.0. The topological polar surface area (TPSA) is 77.2 Å². The van der Waals surface area contributed by atoms with E-state index in [0.29, 0.717) is 36.7 Å². The molecule has 0 saturated carbocycles. The van der Waals surface area contributed by atoms with Gasteiger partial charge in [-0.3, -0.25) is 4.79 Å². The van der Waals surface area contributed by atoms with Crippen molar-refractivity contribution in [3.63, 3.8) is 0 Å². The minimum absolute atomic E-state index is 0.0715. The minimum atomic E-state index is -0.0715. The van der Waals surface area contributed by atoms with Gasteiger partial charge in [0, 0.05) is 12.6 Å². The van der Waals surface area contributed by atoms with Crippen molar-refractivity contribution in [1.29, 1.82) is 0 Å². The maximum Gasteiger partial charge on any atom is 0.225 e. The molecular formula is C16H19N3O2. The van der Waals surface area contributed by atoms with Gasteiger partial charge in [-0.25, -0.2) is 4.98 Å². The number of hydrogen-bond donors (Lipinski definition) is 2. The second-order valence-electron chi connectivity index (χ2n) is 4.76. The Bertz CT molecular complexity index is 614. The molecule has 1 aromatic heterocycles. The second-order valence-corrected chi connectivity index (χ2v) is 4.76. The molecule has 0 fully saturated rings. The standard InChI is InChI=1S/C16H19N3O2/c1-12-8-9-18-15(11-12)19-16(20)7-4-10-21-14-6-3-2-5-13(14)17/h2-3,5-6,8-9,11H,4,7,10,17H2,1H3,(H,18,19,20). The summed E-state index contributed by atoms with van der Waals surface area (Å²) in [5.41, 5.74) is 7.43. The van der Waals surface area contributed by atoms with E-state index < -0.39 is 0 Å². The highest BCUT2D eigenvalue weighted by atomic mass is 16.5. The third-order valence-electron chi connectivity index (χ3n) is 2.91. The maximum atomic E-state index is 11.8. The number of carbonyl (C=O) groups excluding carboxylic acids is 1. The lowest BCUT2D eigenvalue weighted by atomic mass is 10.2. The van der Waals surface area contributed by atoms with Gasteiger partial charge in [-0.15, -0.1) is 0 Å². The molecule has 0 bridgehead atoms. The number of amides is 1. The molecule has 0 aliphatic carbocycles. The Labute approximate surface area is 124 Å². The number of carbonyl (C=O) groups is 1. The summed E-state index contributed by atoms with van der Waals surface area (Å²) in [4.78, 5) is 15.9. The molecule has 2 aromatic rings. The number of aromatic nitrogens is 1. The molecule has 0 aliphatic rings. The molecule has 1 amide bonds. The van der Waals surface area contributed by atoms with Crippen LogP contribution < -0.4 is 15.8 Å². The number of para-hydroxylation sites is 2. The zero-order chi connectivity index (χ0) is 15.1. The molecule has 0 aliphatic heterocycles. The van der Waals surface area contributed by atoms with Crippen molar-refractivity contribution in [2.45, 2.75) is 19.8 Å². The van der Waals surface area contributed by atoms with Crippen LogP contribution in [0.3, 0.4) is 0 Å². The Kier molecular flexibility index (Phi) is 5.15. The van der Waals surface area contributed by atoms with Crippen LogP contribution in [0.25, 0.3) is 0 Å². The zero-order valence-electron chi connectivity index (χ0n) is 12.0. The van der Waals surface area contributed by atoms with E-state index in [4.69, 9.17) is 10.5 Å². The molecule has 1 aromatic carbocycles. The normalized spacial score (nSPS) is 10.1. The summed E-state index contributed by atoms with van der Waals surface area (Å²) in [6.07, 6.45) is 2.67. The lowest BCUT2D eigenvalue weighted by Gasteiger charge is -2.08. The average Bonchev–Trinajstić information content (AvgIpc) is 2.45. The number of ether oxygens (including phenoxy) is 1. The third-order valence-corrected chi connectivity index (χ3v) is 2.91. The van der Waals surface area contributed by atoms with Gasteiger partial charge >= 0.3 is 0 Å². The fourth-order valence-electron chi connectivity index (χ4n) is 1.84. The van der Waals surface area contributed by atoms with Gasteiger partial charge < -0.3 is 15.8 Å². The summed E-state index contributed by atoms with van der Waals surface area (Å²) in [6, 6.07) is 11.0. The van der Waals surface area contributed by atoms with E-state index in [-0.39, 0.29) is 5.91 Å². The van der Waals surface area contributed by atoms with Crippen molar-refractivity contribution in [2.75, 3.05) is 17.7 Å². The van der Waals surface area contributed by atoms with Crippen LogP contribution in [0.4, 0.5) is 11.5 Å². The van der Waals surface area contributed by atoms with Crippen molar-refractivity contribution in [1.82, 2.24) is 4.98 Å². The number of hydrogen-bond acceptors (Lipinski definition) is 4. The molecule has 110 valence electrons. The first kappa shape index (κ1) is 14.8. The Morgan fingerprint density at radius 3 is 2.90 bits per heavy atom. The van der Waals surface area contributed by atoms with Gasteiger partial charge in [-0.05, 0) is 43.2 Å². The Morgan fingerprint density at radius 2 is 2.14 bits per heavy atom. The Balaban J connectivity index is 1.71. The molecule has 0 radical (unpaired) electrons. The number of aryl methyl sites for hydroxylation is 1. The van der Waals surface area contributed by atoms with Crippen molar-refractivity contribution in [3.05, 3.63) is 48.2 Å². The van der Waals surface area contributed by atoms with E-state index >= 15 is 0 Å². The quantitative estimate of drug-likeness (QED) is 0.632. The van der Waals surface area contributed by atoms with Gasteiger partial charge in [0.1, 0.15) is 11.6 Å². The summed E-state index contributed by atoms with van der Waals surface area (Å²) in [5.74, 6) is 1.16. The highest BCUT2D eigenvalue weighted by molar-refractivity contribution is 5.89. The van der Waals surface area contributed by atoms with Crippen molar-refractivity contribution in [3.8, 4) is 5.75 Å². The lowest BCUT2D eigenvalue weighted by Crippen LogP contribution is -2.13. The fourth-order valence-corrected chi connectivity index (χ4v) is 1.84. The Morgan fingerprint density at radius 1 is 1.33 bits per heavy atom. The van der Waals surface area contributed by atoms with Crippen molar-refractivity contribution in [2.24, 2.45) is 0 Å². The summed E-state index contributed by atoms with van der Waals surface area (Å²) >= 11 is 0. The number of nitrogens with two attached hydrogens (primary N) is 1. The van der Waals surface area contributed by atoms with Gasteiger partial charge in [-0.1, -0.05) is 12.1 Å². The lowest BCUT2D eigenvalue weighted by molar-refractivity contribution is -0.116. The van der Waals surface area contributed by atoms with Crippen LogP contribution >= 0.6 is 0 Å². The molecule has 0 saturated heterocycles. The molecule has 5 nitrogen and oxygen atoms in total. The first-order chi connectivity index (χ1) is 10.1. The smallest absolute Gasteiger partial charge is 0.225 e. The SMILES string of the molecule is Cc1ccnc(NC(=O)CCCOc2ccccc2N)c1. The number of nitrogens with one attached hydrogen (secondary N) is 1. The minimum Gasteiger partial charge on any atom is -0.491 e. The Hall–Kier alpha value is -2.56. The van der Waals surface area contributed by atoms with Crippen molar-refractivity contribution >= 4 is 17.4 Å². The molecule has 0 unspecified atom stereocenters. The first-order valence-electron chi connectivity index (χ1n) is 6.85. The molecule has 1 heterocycles. The van der Waals surface area contributed by atoms with Crippen LogP contribution in [-0.4, -0.2) is 17.5 Å². The van der Waals surface area contributed by atoms with E-state index in [9.17, 15) is 4.79 Å². The monoisotopic (exact) mass is 285 g/mol. The molecule has 5 heteroatoms. The predicted molar refractivity (Wildman–Crippen MR) is 83.2 cm³/mol. The van der Waals surface area contributed by atoms with Crippen LogP contribution in [0.1, 0.15) is 18.4 Å². The van der Waals surface area contributed by atoms with Gasteiger partial charge in [-0.2, -0.15) is 0 Å². The largest absolute Gasteiger partial charge is 0.491 e. The number of anilines is 2. The van der Waals surface area contributed by atoms with Crippen molar-refractivity contribution < 1.29 is 9.53 Å². The number of nitrogen functional groups attached to an aromatic ring is 1. The molecule has 0 spiro atoms. The van der Waals surface area contributed by atoms with Gasteiger partial charge in [0.2, 0.25) is 5.91 Å². The summed E-state index contributed by atoms with van der Waals surface area (Å²) in [6.45, 7) is 2.40. The highest BCUT2D eigenvalue weighted by Gasteiger charge is 2.04. The second kappa shape index (κ2) is 7.28. The third kappa shape index (κ3) is 4.80. The predicted octanol–water partition coefficient (Wildman–Crippen LogP) is 2.77. The highest BCUT2D eigenvalue weighted by Crippen LogP contribution is 2.19. The van der Waals surface area contributed by atoms with Gasteiger partial charge in [0.05, 0.1) is 12.3 Å². The van der Waals surface area contributed by atoms with E-state index in [0.717, 1.165) is 5.56 Å². The molecule has 3 N–H and O–H groups in total. The van der Waals surface area contributed by atoms with Crippen LogP contribution in [0, 0.1) is 6.92 Å². The average molecular weight is 285 g/mol. The summed E-state index contributed by atoms with van der Waals surface area (Å²) in [7, 11) is 0. The van der Waals surface area contributed by atoms with E-state index in [1.165, 1.54) is 0 Å². The van der Waals surface area contributed by atoms with E-state index in [1.54, 1.807) is 12.3 Å². The molecule has 21 heavy (non-hydrogen) atoms. The van der Waals surface area contributed by atoms with Crippen LogP contribution in [0.2, 0.25) is 0 Å². The summed E-state index contributed by atoms with van der Waals surface area (Å²) in [5, 5.41) is 2.76. The molecule has 0 atom stereocenters. The number of rotatable bonds is 6. The number of benzene rings is 1. The van der Waals surface area contributed by atoms with Crippen LogP contribution in [-0.2, 0) is 4.79 Å². The summed E-state index contributed by atoms with van der Waals surface area (Å²) < 4.78 is 5.54. The number of nitrogens with zero attached hydrogens (tertiary/aromatic N) is 1. The van der Waals surface area contributed by atoms with Crippen LogP contribution in [0.15, 0.2) is 42.6 Å². The first-order valence-corrected chi connectivity index (χ1v) is 6.85. The van der Waals surface area contributed by atoms with E-state index in [2.05, 4.69) is 10.3 Å². The fraction of sp³-hybridized carbons (Fsp3) is 0.250.